The van der Waals surface area contributed by atoms with Crippen LogP contribution in [0.4, 0.5) is 28.2 Å². The highest BCUT2D eigenvalue weighted by Gasteiger charge is 2.39. The predicted octanol–water partition coefficient (Wildman–Crippen LogP) is 3.19. The van der Waals surface area contributed by atoms with Gasteiger partial charge in [0.25, 0.3) is 0 Å². The zero-order chi connectivity index (χ0) is 20.0. The molecule has 146 valence electrons. The van der Waals surface area contributed by atoms with Crippen LogP contribution in [0, 0.1) is 5.82 Å². The lowest BCUT2D eigenvalue weighted by Crippen LogP contribution is -2.45. The molecule has 1 aromatic carbocycles. The first-order chi connectivity index (χ1) is 12.7. The molecule has 1 atom stereocenters. The first kappa shape index (κ1) is 20.4. The number of likely N-dealkylation sites (N-methyl/N-ethyl adjacent to an activating group) is 1. The second-order valence-electron chi connectivity index (χ2n) is 5.33. The maximum absolute atomic E-state index is 13.2. The third kappa shape index (κ3) is 6.06. The van der Waals surface area contributed by atoms with Gasteiger partial charge in [0.2, 0.25) is 5.88 Å². The van der Waals surface area contributed by atoms with Gasteiger partial charge in [0.15, 0.2) is 6.10 Å². The van der Waals surface area contributed by atoms with E-state index in [0.29, 0.717) is 0 Å². The van der Waals surface area contributed by atoms with Crippen molar-refractivity contribution >= 4 is 11.8 Å². The molecule has 27 heavy (non-hydrogen) atoms. The highest BCUT2D eigenvalue weighted by Crippen LogP contribution is 2.22. The van der Waals surface area contributed by atoms with Crippen molar-refractivity contribution in [3.05, 3.63) is 42.5 Å². The third-order valence-electron chi connectivity index (χ3n) is 3.34. The number of ether oxygens (including phenoxy) is 1. The van der Waals surface area contributed by atoms with Crippen molar-refractivity contribution < 1.29 is 32.2 Å². The smallest absolute Gasteiger partial charge is 0.416 e. The van der Waals surface area contributed by atoms with E-state index in [0.717, 1.165) is 17.3 Å². The highest BCUT2D eigenvalue weighted by molar-refractivity contribution is 5.88. The number of urea groups is 1. The fourth-order valence-electron chi connectivity index (χ4n) is 1.97. The zero-order valence-corrected chi connectivity index (χ0v) is 14.1. The van der Waals surface area contributed by atoms with E-state index in [9.17, 15) is 22.4 Å². The second-order valence-corrected chi connectivity index (χ2v) is 5.33. The molecule has 0 saturated carbocycles. The Labute approximate surface area is 151 Å². The van der Waals surface area contributed by atoms with Crippen LogP contribution < -0.4 is 10.1 Å². The molecule has 11 heteroatoms. The summed E-state index contributed by atoms with van der Waals surface area (Å²) in [5.74, 6) is -0.406. The van der Waals surface area contributed by atoms with Gasteiger partial charge in [-0.1, -0.05) is 6.07 Å². The highest BCUT2D eigenvalue weighted by atomic mass is 19.4. The fourth-order valence-corrected chi connectivity index (χ4v) is 1.97. The molecule has 2 N–H and O–H groups in total. The molecule has 2 rings (SSSR count). The Morgan fingerprint density at radius 2 is 2.07 bits per heavy atom. The molecule has 2 amide bonds. The number of rotatable bonds is 6. The summed E-state index contributed by atoms with van der Waals surface area (Å²) in [6, 6.07) is 5.60. The van der Waals surface area contributed by atoms with E-state index in [1.165, 1.54) is 31.2 Å². The molecule has 0 aliphatic carbocycles. The maximum Gasteiger partial charge on any atom is 0.416 e. The number of carbonyl (C=O) groups is 1. The van der Waals surface area contributed by atoms with Gasteiger partial charge in [-0.15, -0.1) is 0 Å². The Hall–Kier alpha value is -2.95. The van der Waals surface area contributed by atoms with Crippen molar-refractivity contribution in [1.82, 2.24) is 14.9 Å². The van der Waals surface area contributed by atoms with Crippen molar-refractivity contribution in [2.75, 3.05) is 18.4 Å². The number of amides is 2. The summed E-state index contributed by atoms with van der Waals surface area (Å²) in [7, 11) is 0. The molecule has 0 unspecified atom stereocenters. The lowest BCUT2D eigenvalue weighted by molar-refractivity contribution is -0.206. The Morgan fingerprint density at radius 1 is 1.33 bits per heavy atom. The van der Waals surface area contributed by atoms with Gasteiger partial charge < -0.3 is 14.7 Å². The largest absolute Gasteiger partial charge is 0.439 e. The molecule has 0 aliphatic heterocycles. The van der Waals surface area contributed by atoms with Gasteiger partial charge in [0.1, 0.15) is 23.7 Å². The summed E-state index contributed by atoms with van der Waals surface area (Å²) < 4.78 is 55.9. The van der Waals surface area contributed by atoms with Crippen molar-refractivity contribution in [2.24, 2.45) is 0 Å². The summed E-state index contributed by atoms with van der Waals surface area (Å²) >= 11 is 0. The average molecular weight is 388 g/mol. The Kier molecular flexibility index (Phi) is 6.50. The average Bonchev–Trinajstić information content (AvgIpc) is 2.58. The van der Waals surface area contributed by atoms with Crippen molar-refractivity contribution in [3.63, 3.8) is 0 Å². The normalized spacial score (nSPS) is 12.4. The number of alkyl halides is 3. The lowest BCUT2D eigenvalue weighted by atomic mass is 10.3. The maximum atomic E-state index is 13.2. The molecule has 0 spiro atoms. The molecule has 0 fully saturated rings. The van der Waals surface area contributed by atoms with Crippen LogP contribution in [-0.2, 0) is 0 Å². The van der Waals surface area contributed by atoms with Crippen molar-refractivity contribution in [1.29, 1.82) is 0 Å². The minimum Gasteiger partial charge on any atom is -0.439 e. The summed E-state index contributed by atoms with van der Waals surface area (Å²) in [4.78, 5) is 20.5. The zero-order valence-electron chi connectivity index (χ0n) is 14.1. The van der Waals surface area contributed by atoms with Crippen LogP contribution >= 0.6 is 0 Å². The second kappa shape index (κ2) is 8.62. The van der Waals surface area contributed by atoms with Crippen LogP contribution in [0.1, 0.15) is 6.92 Å². The summed E-state index contributed by atoms with van der Waals surface area (Å²) in [6.45, 7) is 0.460. The number of benzene rings is 1. The third-order valence-corrected chi connectivity index (χ3v) is 3.34. The minimum atomic E-state index is -4.84. The number of halogens is 4. The van der Waals surface area contributed by atoms with Gasteiger partial charge in [-0.3, -0.25) is 5.32 Å². The van der Waals surface area contributed by atoms with E-state index >= 15 is 0 Å². The number of hydrogen-bond acceptors (Lipinski definition) is 5. The SMILES string of the molecule is CCN(C[C@@H](O)C(F)(F)F)C(=O)Nc1cc(Oc2cccc(F)c2)ncn1. The number of nitrogens with zero attached hydrogens (tertiary/aromatic N) is 3. The number of aliphatic hydroxyl groups is 1. The Morgan fingerprint density at radius 3 is 2.70 bits per heavy atom. The van der Waals surface area contributed by atoms with E-state index in [2.05, 4.69) is 15.3 Å². The number of aromatic nitrogens is 2. The number of anilines is 1. The van der Waals surface area contributed by atoms with Gasteiger partial charge >= 0.3 is 12.2 Å². The van der Waals surface area contributed by atoms with Gasteiger partial charge in [-0.25, -0.2) is 19.2 Å². The molecule has 0 aliphatic rings. The predicted molar refractivity (Wildman–Crippen MR) is 86.8 cm³/mol. The van der Waals surface area contributed by atoms with E-state index in [1.54, 1.807) is 0 Å². The molecule has 2 aromatic rings. The van der Waals surface area contributed by atoms with Gasteiger partial charge in [-0.05, 0) is 19.1 Å². The number of carbonyl (C=O) groups excluding carboxylic acids is 1. The molecule has 0 radical (unpaired) electrons. The lowest BCUT2D eigenvalue weighted by Gasteiger charge is -2.25. The van der Waals surface area contributed by atoms with E-state index in [1.807, 2.05) is 0 Å². The standard InChI is InChI=1S/C16H16F4N4O3/c1-2-24(8-12(25)16(18,19)20)15(26)23-13-7-14(22-9-21-13)27-11-5-3-4-10(17)6-11/h3-7,9,12,25H,2,8H2,1H3,(H,21,22,23,26)/t12-/m1/s1. The van der Waals surface area contributed by atoms with Crippen molar-refractivity contribution in [3.8, 4) is 11.6 Å². The van der Waals surface area contributed by atoms with Crippen LogP contribution in [0.2, 0.25) is 0 Å². The Bertz CT molecular complexity index is 788. The molecule has 0 saturated heterocycles. The molecule has 1 heterocycles. The van der Waals surface area contributed by atoms with E-state index in [-0.39, 0.29) is 24.0 Å². The van der Waals surface area contributed by atoms with E-state index < -0.39 is 30.7 Å². The molecular formula is C16H16F4N4O3. The van der Waals surface area contributed by atoms with Gasteiger partial charge in [-0.2, -0.15) is 13.2 Å². The van der Waals surface area contributed by atoms with Crippen LogP contribution in [0.5, 0.6) is 11.6 Å². The number of nitrogens with one attached hydrogen (secondary N) is 1. The van der Waals surface area contributed by atoms with Crippen LogP contribution in [-0.4, -0.2) is 51.4 Å². The van der Waals surface area contributed by atoms with Crippen LogP contribution in [0.3, 0.4) is 0 Å². The quantitative estimate of drug-likeness (QED) is 0.743. The Balaban J connectivity index is 2.04. The molecular weight excluding hydrogens is 372 g/mol. The van der Waals surface area contributed by atoms with Crippen molar-refractivity contribution in [2.45, 2.75) is 19.2 Å². The first-order valence-corrected chi connectivity index (χ1v) is 7.75. The molecule has 0 bridgehead atoms. The summed E-state index contributed by atoms with van der Waals surface area (Å²) in [6.07, 6.45) is -6.44. The monoisotopic (exact) mass is 388 g/mol. The van der Waals surface area contributed by atoms with Crippen LogP contribution in [0.25, 0.3) is 0 Å². The van der Waals surface area contributed by atoms with Crippen LogP contribution in [0.15, 0.2) is 36.7 Å². The molecule has 1 aromatic heterocycles. The topological polar surface area (TPSA) is 87.6 Å². The summed E-state index contributed by atoms with van der Waals surface area (Å²) in [5.41, 5.74) is 0. The van der Waals surface area contributed by atoms with E-state index in [4.69, 9.17) is 9.84 Å². The first-order valence-electron chi connectivity index (χ1n) is 7.75. The number of hydrogen-bond donors (Lipinski definition) is 2. The van der Waals surface area contributed by atoms with Gasteiger partial charge in [0, 0.05) is 18.7 Å². The molecule has 7 nitrogen and oxygen atoms in total. The number of aliphatic hydroxyl groups excluding tert-OH is 1. The summed E-state index contributed by atoms with van der Waals surface area (Å²) in [5, 5.41) is 11.4. The fraction of sp³-hybridized carbons (Fsp3) is 0.312. The van der Waals surface area contributed by atoms with Gasteiger partial charge in [0.05, 0.1) is 6.54 Å². The minimum absolute atomic E-state index is 0.00993.